The van der Waals surface area contributed by atoms with Crippen molar-refractivity contribution in [2.24, 2.45) is 5.41 Å². The lowest BCUT2D eigenvalue weighted by Crippen LogP contribution is -2.44. The quantitative estimate of drug-likeness (QED) is 0.159. The minimum atomic E-state index is -1.22. The third kappa shape index (κ3) is 15.2. The average Bonchev–Trinajstić information content (AvgIpc) is 2.78. The standard InChI is InChI=1S/C20H32O8S3/c1-5-16(21)25-12-20(13-26-17(22)6-9-29-2,14-27-18(23)7-10-30-3)15-28-19(24)8-11-31-4/h5H,1,6-15H2,2-4H3. The van der Waals surface area contributed by atoms with E-state index in [1.807, 2.05) is 18.8 Å². The molecule has 0 aromatic rings. The number of carbonyl (C=O) groups is 4. The minimum Gasteiger partial charge on any atom is -0.465 e. The summed E-state index contributed by atoms with van der Waals surface area (Å²) < 4.78 is 21.2. The number of rotatable bonds is 18. The Morgan fingerprint density at radius 3 is 1.29 bits per heavy atom. The van der Waals surface area contributed by atoms with Gasteiger partial charge in [0.15, 0.2) is 0 Å². The molecule has 178 valence electrons. The van der Waals surface area contributed by atoms with E-state index >= 15 is 0 Å². The van der Waals surface area contributed by atoms with Crippen LogP contribution in [0.3, 0.4) is 0 Å². The Morgan fingerprint density at radius 2 is 1.00 bits per heavy atom. The summed E-state index contributed by atoms with van der Waals surface area (Å²) in [6.45, 7) is 2.35. The van der Waals surface area contributed by atoms with E-state index in [9.17, 15) is 19.2 Å². The summed E-state index contributed by atoms with van der Waals surface area (Å²) >= 11 is 4.50. The number of carbonyl (C=O) groups excluding carboxylic acids is 4. The Bertz CT molecular complexity index is 523. The number of thioether (sulfide) groups is 3. The fraction of sp³-hybridized carbons (Fsp3) is 0.700. The van der Waals surface area contributed by atoms with Gasteiger partial charge in [-0.1, -0.05) is 6.58 Å². The second-order valence-corrected chi connectivity index (χ2v) is 9.48. The van der Waals surface area contributed by atoms with E-state index < -0.39 is 29.3 Å². The van der Waals surface area contributed by atoms with E-state index in [2.05, 4.69) is 6.58 Å². The van der Waals surface area contributed by atoms with Crippen LogP contribution >= 0.6 is 35.3 Å². The highest BCUT2D eigenvalue weighted by Crippen LogP contribution is 2.22. The Balaban J connectivity index is 5.36. The van der Waals surface area contributed by atoms with Crippen molar-refractivity contribution in [3.8, 4) is 0 Å². The Hall–Kier alpha value is -1.33. The Kier molecular flexibility index (Phi) is 17.5. The number of hydrogen-bond donors (Lipinski definition) is 0. The largest absolute Gasteiger partial charge is 0.465 e. The van der Waals surface area contributed by atoms with Crippen molar-refractivity contribution in [2.45, 2.75) is 19.3 Å². The highest BCUT2D eigenvalue weighted by Gasteiger charge is 2.37. The van der Waals surface area contributed by atoms with Crippen LogP contribution in [0.5, 0.6) is 0 Å². The van der Waals surface area contributed by atoms with Gasteiger partial charge in [-0.3, -0.25) is 14.4 Å². The molecule has 0 aliphatic carbocycles. The maximum atomic E-state index is 12.0. The van der Waals surface area contributed by atoms with Gasteiger partial charge in [0.25, 0.3) is 0 Å². The zero-order valence-electron chi connectivity index (χ0n) is 18.3. The van der Waals surface area contributed by atoms with Gasteiger partial charge in [-0.15, -0.1) is 0 Å². The average molecular weight is 497 g/mol. The SMILES string of the molecule is C=CC(=O)OCC(COC(=O)CCSC)(COC(=O)CCSC)COC(=O)CCSC. The van der Waals surface area contributed by atoms with Crippen LogP contribution in [0.15, 0.2) is 12.7 Å². The predicted octanol–water partition coefficient (Wildman–Crippen LogP) is 2.59. The summed E-state index contributed by atoms with van der Waals surface area (Å²) in [6, 6.07) is 0. The Morgan fingerprint density at radius 1 is 0.677 bits per heavy atom. The van der Waals surface area contributed by atoms with Crippen LogP contribution in [0.25, 0.3) is 0 Å². The lowest BCUT2D eigenvalue weighted by atomic mass is 9.92. The summed E-state index contributed by atoms with van der Waals surface area (Å²) in [5.41, 5.74) is -1.22. The second kappa shape index (κ2) is 18.3. The van der Waals surface area contributed by atoms with Gasteiger partial charge in [0.1, 0.15) is 31.8 Å². The van der Waals surface area contributed by atoms with Gasteiger partial charge in [-0.25, -0.2) is 4.79 Å². The summed E-state index contributed by atoms with van der Waals surface area (Å²) in [4.78, 5) is 47.7. The molecule has 0 atom stereocenters. The van der Waals surface area contributed by atoms with Gasteiger partial charge in [0, 0.05) is 23.3 Å². The van der Waals surface area contributed by atoms with Crippen molar-refractivity contribution in [2.75, 3.05) is 62.5 Å². The van der Waals surface area contributed by atoms with Crippen molar-refractivity contribution in [3.63, 3.8) is 0 Å². The van der Waals surface area contributed by atoms with Gasteiger partial charge in [0.05, 0.1) is 19.3 Å². The molecule has 0 rings (SSSR count). The third-order valence-electron chi connectivity index (χ3n) is 3.84. The molecule has 8 nitrogen and oxygen atoms in total. The van der Waals surface area contributed by atoms with E-state index in [4.69, 9.17) is 18.9 Å². The molecule has 0 N–H and O–H groups in total. The van der Waals surface area contributed by atoms with Crippen LogP contribution in [0.1, 0.15) is 19.3 Å². The van der Waals surface area contributed by atoms with Gasteiger partial charge in [-0.2, -0.15) is 35.3 Å². The number of esters is 4. The van der Waals surface area contributed by atoms with Crippen LogP contribution in [0.4, 0.5) is 0 Å². The monoisotopic (exact) mass is 496 g/mol. The first kappa shape index (κ1) is 29.7. The fourth-order valence-electron chi connectivity index (χ4n) is 2.01. The molecular formula is C20H32O8S3. The van der Waals surface area contributed by atoms with Crippen LogP contribution in [0.2, 0.25) is 0 Å². The molecule has 11 heteroatoms. The molecule has 0 heterocycles. The van der Waals surface area contributed by atoms with E-state index in [0.29, 0.717) is 17.3 Å². The fourth-order valence-corrected chi connectivity index (χ4v) is 3.12. The summed E-state index contributed by atoms with van der Waals surface area (Å²) in [5, 5.41) is 0. The smallest absolute Gasteiger partial charge is 0.330 e. The van der Waals surface area contributed by atoms with E-state index in [1.165, 1.54) is 35.3 Å². The molecular weight excluding hydrogens is 464 g/mol. The van der Waals surface area contributed by atoms with Gasteiger partial charge in [0.2, 0.25) is 0 Å². The maximum absolute atomic E-state index is 12.0. The van der Waals surface area contributed by atoms with Crippen LogP contribution < -0.4 is 0 Å². The summed E-state index contributed by atoms with van der Waals surface area (Å²) in [6.07, 6.45) is 7.20. The van der Waals surface area contributed by atoms with Crippen LogP contribution in [0, 0.1) is 5.41 Å². The van der Waals surface area contributed by atoms with Gasteiger partial charge >= 0.3 is 23.9 Å². The van der Waals surface area contributed by atoms with Crippen LogP contribution in [-0.2, 0) is 38.1 Å². The van der Waals surface area contributed by atoms with Crippen molar-refractivity contribution in [3.05, 3.63) is 12.7 Å². The first-order valence-corrected chi connectivity index (χ1v) is 13.7. The molecule has 0 fully saturated rings. The normalized spacial score (nSPS) is 10.8. The van der Waals surface area contributed by atoms with Crippen molar-refractivity contribution < 1.29 is 38.1 Å². The molecule has 0 aliphatic heterocycles. The molecule has 0 aromatic carbocycles. The zero-order chi connectivity index (χ0) is 23.5. The molecule has 0 saturated carbocycles. The summed E-state index contributed by atoms with van der Waals surface area (Å²) in [7, 11) is 0. The topological polar surface area (TPSA) is 105 Å². The molecule has 0 aromatic heterocycles. The summed E-state index contributed by atoms with van der Waals surface area (Å²) in [5.74, 6) is -0.274. The predicted molar refractivity (Wildman–Crippen MR) is 125 cm³/mol. The van der Waals surface area contributed by atoms with Crippen molar-refractivity contribution in [1.82, 2.24) is 0 Å². The first-order valence-electron chi connectivity index (χ1n) is 9.55. The first-order chi connectivity index (χ1) is 14.8. The molecule has 0 radical (unpaired) electrons. The molecule has 0 aliphatic rings. The zero-order valence-corrected chi connectivity index (χ0v) is 20.8. The molecule has 0 saturated heterocycles. The molecule has 31 heavy (non-hydrogen) atoms. The molecule has 0 unspecified atom stereocenters. The molecule has 0 spiro atoms. The molecule has 0 bridgehead atoms. The lowest BCUT2D eigenvalue weighted by Gasteiger charge is -2.31. The number of hydrogen-bond acceptors (Lipinski definition) is 11. The van der Waals surface area contributed by atoms with E-state index in [0.717, 1.165) is 6.08 Å². The van der Waals surface area contributed by atoms with Gasteiger partial charge in [-0.05, 0) is 18.8 Å². The van der Waals surface area contributed by atoms with Crippen molar-refractivity contribution in [1.29, 1.82) is 0 Å². The van der Waals surface area contributed by atoms with Gasteiger partial charge < -0.3 is 18.9 Å². The van der Waals surface area contributed by atoms with E-state index in [-0.39, 0.29) is 45.7 Å². The maximum Gasteiger partial charge on any atom is 0.330 e. The highest BCUT2D eigenvalue weighted by molar-refractivity contribution is 7.99. The molecule has 0 amide bonds. The lowest BCUT2D eigenvalue weighted by molar-refractivity contribution is -0.168. The minimum absolute atomic E-state index is 0.199. The van der Waals surface area contributed by atoms with E-state index in [1.54, 1.807) is 0 Å². The van der Waals surface area contributed by atoms with Crippen LogP contribution in [-0.4, -0.2) is 86.3 Å². The van der Waals surface area contributed by atoms with Crippen molar-refractivity contribution >= 4 is 59.2 Å². The second-order valence-electron chi connectivity index (χ2n) is 6.52. The Labute approximate surface area is 196 Å². The highest BCUT2D eigenvalue weighted by atomic mass is 32.2. The third-order valence-corrected chi connectivity index (χ3v) is 5.67. The number of ether oxygens (including phenoxy) is 4.